The van der Waals surface area contributed by atoms with Gasteiger partial charge in [0.15, 0.2) is 0 Å². The Bertz CT molecular complexity index is 721. The number of carbonyl (C=O) groups excluding carboxylic acids is 2. The summed E-state index contributed by atoms with van der Waals surface area (Å²) in [6, 6.07) is 10.0. The molecule has 0 radical (unpaired) electrons. The molecule has 0 saturated heterocycles. The Hall–Kier alpha value is -3.27. The topological polar surface area (TPSA) is 94.9 Å². The average Bonchev–Trinajstić information content (AvgIpc) is 2.50. The highest BCUT2D eigenvalue weighted by molar-refractivity contribution is 6.08. The molecular formula is C15H11FN4O2. The Labute approximate surface area is 125 Å². The van der Waals surface area contributed by atoms with Gasteiger partial charge in [-0.25, -0.2) is 9.37 Å². The summed E-state index contributed by atoms with van der Waals surface area (Å²) in [6.07, 6.45) is 0.936. The van der Waals surface area contributed by atoms with Gasteiger partial charge in [-0.1, -0.05) is 0 Å². The van der Waals surface area contributed by atoms with Crippen LogP contribution in [0.1, 0.15) is 12.1 Å². The molecule has 0 unspecified atom stereocenters. The molecule has 2 aromatic rings. The van der Waals surface area contributed by atoms with E-state index in [1.165, 1.54) is 42.6 Å². The number of halogens is 1. The number of carbonyl (C=O) groups is 2. The lowest BCUT2D eigenvalue weighted by Crippen LogP contribution is -2.21. The molecule has 0 bridgehead atoms. The zero-order valence-corrected chi connectivity index (χ0v) is 11.3. The Morgan fingerprint density at radius 2 is 1.64 bits per heavy atom. The van der Waals surface area contributed by atoms with Gasteiger partial charge in [0.05, 0.1) is 11.9 Å². The van der Waals surface area contributed by atoms with Crippen molar-refractivity contribution >= 4 is 23.2 Å². The van der Waals surface area contributed by atoms with Gasteiger partial charge in [0.25, 0.3) is 0 Å². The van der Waals surface area contributed by atoms with Crippen molar-refractivity contribution in [3.63, 3.8) is 0 Å². The summed E-state index contributed by atoms with van der Waals surface area (Å²) in [4.78, 5) is 27.2. The molecule has 2 amide bonds. The number of anilines is 2. The fourth-order valence-electron chi connectivity index (χ4n) is 1.62. The van der Waals surface area contributed by atoms with E-state index in [1.807, 2.05) is 6.07 Å². The van der Waals surface area contributed by atoms with Gasteiger partial charge in [-0.2, -0.15) is 5.26 Å². The van der Waals surface area contributed by atoms with E-state index in [4.69, 9.17) is 5.26 Å². The molecule has 1 aromatic heterocycles. The summed E-state index contributed by atoms with van der Waals surface area (Å²) in [5.74, 6) is -1.46. The van der Waals surface area contributed by atoms with E-state index < -0.39 is 24.1 Å². The van der Waals surface area contributed by atoms with E-state index >= 15 is 0 Å². The molecule has 1 heterocycles. The molecule has 2 rings (SSSR count). The molecule has 2 N–H and O–H groups in total. The van der Waals surface area contributed by atoms with Gasteiger partial charge < -0.3 is 10.6 Å². The number of nitrogens with zero attached hydrogens (tertiary/aromatic N) is 2. The summed E-state index contributed by atoms with van der Waals surface area (Å²) in [7, 11) is 0. The third-order valence-corrected chi connectivity index (χ3v) is 2.61. The number of rotatable bonds is 4. The molecule has 0 fully saturated rings. The van der Waals surface area contributed by atoms with Crippen LogP contribution < -0.4 is 10.6 Å². The normalized spacial score (nSPS) is 9.64. The van der Waals surface area contributed by atoms with Crippen LogP contribution in [0.25, 0.3) is 0 Å². The summed E-state index contributed by atoms with van der Waals surface area (Å²) in [5, 5.41) is 13.6. The van der Waals surface area contributed by atoms with E-state index in [2.05, 4.69) is 15.6 Å². The Balaban J connectivity index is 1.86. The van der Waals surface area contributed by atoms with E-state index in [0.717, 1.165) is 0 Å². The lowest BCUT2D eigenvalue weighted by Gasteiger charge is -2.06. The second-order valence-electron chi connectivity index (χ2n) is 4.32. The third kappa shape index (κ3) is 4.38. The number of nitrogens with one attached hydrogen (secondary N) is 2. The van der Waals surface area contributed by atoms with Crippen molar-refractivity contribution in [2.75, 3.05) is 10.6 Å². The second kappa shape index (κ2) is 6.95. The van der Waals surface area contributed by atoms with E-state index in [1.54, 1.807) is 0 Å². The molecule has 0 spiro atoms. The fourth-order valence-corrected chi connectivity index (χ4v) is 1.62. The second-order valence-corrected chi connectivity index (χ2v) is 4.32. The number of amides is 2. The van der Waals surface area contributed by atoms with Gasteiger partial charge in [-0.3, -0.25) is 9.59 Å². The Morgan fingerprint density at radius 1 is 1.05 bits per heavy atom. The fraction of sp³-hybridized carbons (Fsp3) is 0.0667. The smallest absolute Gasteiger partial charge is 0.233 e. The highest BCUT2D eigenvalue weighted by Crippen LogP contribution is 2.09. The van der Waals surface area contributed by atoms with Crippen LogP contribution in [0, 0.1) is 17.1 Å². The number of benzene rings is 1. The van der Waals surface area contributed by atoms with Crippen LogP contribution >= 0.6 is 0 Å². The van der Waals surface area contributed by atoms with Gasteiger partial charge in [0.2, 0.25) is 11.8 Å². The van der Waals surface area contributed by atoms with Crippen molar-refractivity contribution < 1.29 is 14.0 Å². The first-order valence-corrected chi connectivity index (χ1v) is 6.28. The largest absolute Gasteiger partial charge is 0.326 e. The van der Waals surface area contributed by atoms with Crippen molar-refractivity contribution in [2.45, 2.75) is 6.42 Å². The highest BCUT2D eigenvalue weighted by Gasteiger charge is 2.10. The van der Waals surface area contributed by atoms with Crippen LogP contribution in [0.2, 0.25) is 0 Å². The minimum absolute atomic E-state index is 0.229. The molecule has 0 aliphatic carbocycles. The SMILES string of the molecule is N#Cc1ccc(NC(=O)CC(=O)Nc2ccc(F)cc2)cn1. The van der Waals surface area contributed by atoms with Crippen molar-refractivity contribution in [3.05, 3.63) is 54.1 Å². The number of nitriles is 1. The average molecular weight is 298 g/mol. The molecule has 7 heteroatoms. The summed E-state index contributed by atoms with van der Waals surface area (Å²) >= 11 is 0. The monoisotopic (exact) mass is 298 g/mol. The Kier molecular flexibility index (Phi) is 4.78. The molecule has 110 valence electrons. The zero-order valence-electron chi connectivity index (χ0n) is 11.3. The van der Waals surface area contributed by atoms with Crippen molar-refractivity contribution in [2.24, 2.45) is 0 Å². The summed E-state index contributed by atoms with van der Waals surface area (Å²) in [5.41, 5.74) is 1.02. The highest BCUT2D eigenvalue weighted by atomic mass is 19.1. The maximum absolute atomic E-state index is 12.7. The van der Waals surface area contributed by atoms with Crippen LogP contribution in [0.3, 0.4) is 0 Å². The van der Waals surface area contributed by atoms with Crippen LogP contribution in [0.4, 0.5) is 15.8 Å². The van der Waals surface area contributed by atoms with Gasteiger partial charge >= 0.3 is 0 Å². The lowest BCUT2D eigenvalue weighted by atomic mass is 10.3. The van der Waals surface area contributed by atoms with Crippen LogP contribution in [-0.2, 0) is 9.59 Å². The molecule has 22 heavy (non-hydrogen) atoms. The molecule has 0 aliphatic rings. The molecule has 0 aliphatic heterocycles. The van der Waals surface area contributed by atoms with E-state index in [9.17, 15) is 14.0 Å². The first-order chi connectivity index (χ1) is 10.6. The maximum atomic E-state index is 12.7. The maximum Gasteiger partial charge on any atom is 0.233 e. The van der Waals surface area contributed by atoms with Crippen molar-refractivity contribution in [3.8, 4) is 6.07 Å². The number of hydrogen-bond acceptors (Lipinski definition) is 4. The van der Waals surface area contributed by atoms with Crippen molar-refractivity contribution in [1.82, 2.24) is 4.98 Å². The number of pyridine rings is 1. The minimum atomic E-state index is -0.522. The predicted octanol–water partition coefficient (Wildman–Crippen LogP) is 2.06. The third-order valence-electron chi connectivity index (χ3n) is 2.61. The molecule has 6 nitrogen and oxygen atoms in total. The van der Waals surface area contributed by atoms with Crippen LogP contribution in [0.15, 0.2) is 42.6 Å². The lowest BCUT2D eigenvalue weighted by molar-refractivity contribution is -0.123. The predicted molar refractivity (Wildman–Crippen MR) is 77.2 cm³/mol. The summed E-state index contributed by atoms with van der Waals surface area (Å²) in [6.45, 7) is 0. The number of hydrogen-bond donors (Lipinski definition) is 2. The minimum Gasteiger partial charge on any atom is -0.326 e. The van der Waals surface area contributed by atoms with Crippen LogP contribution in [0.5, 0.6) is 0 Å². The Morgan fingerprint density at radius 3 is 2.18 bits per heavy atom. The van der Waals surface area contributed by atoms with Gasteiger partial charge in [0.1, 0.15) is 24.0 Å². The van der Waals surface area contributed by atoms with Crippen LogP contribution in [-0.4, -0.2) is 16.8 Å². The standard InChI is InChI=1S/C15H11FN4O2/c16-10-1-3-11(4-2-10)19-14(21)7-15(22)20-13-6-5-12(8-17)18-9-13/h1-6,9H,7H2,(H,19,21)(H,20,22). The van der Waals surface area contributed by atoms with Gasteiger partial charge in [-0.05, 0) is 36.4 Å². The van der Waals surface area contributed by atoms with E-state index in [-0.39, 0.29) is 5.69 Å². The summed E-state index contributed by atoms with van der Waals surface area (Å²) < 4.78 is 12.7. The first-order valence-electron chi connectivity index (χ1n) is 6.28. The molecule has 0 saturated carbocycles. The molecule has 1 aromatic carbocycles. The van der Waals surface area contributed by atoms with Gasteiger partial charge in [-0.15, -0.1) is 0 Å². The zero-order chi connectivity index (χ0) is 15.9. The van der Waals surface area contributed by atoms with Gasteiger partial charge in [0, 0.05) is 5.69 Å². The quantitative estimate of drug-likeness (QED) is 0.845. The van der Waals surface area contributed by atoms with E-state index in [0.29, 0.717) is 11.4 Å². The molecular weight excluding hydrogens is 287 g/mol. The molecule has 0 atom stereocenters. The number of aromatic nitrogens is 1. The first kappa shape index (κ1) is 15.1. The van der Waals surface area contributed by atoms with Crippen molar-refractivity contribution in [1.29, 1.82) is 5.26 Å².